The lowest BCUT2D eigenvalue weighted by Crippen LogP contribution is -2.06. The largest absolute Gasteiger partial charge is 0.342 e. The highest BCUT2D eigenvalue weighted by atomic mass is 17.2. The van der Waals surface area contributed by atoms with Crippen molar-refractivity contribution in [2.24, 2.45) is 5.92 Å². The van der Waals surface area contributed by atoms with E-state index in [4.69, 9.17) is 9.78 Å². The Kier molecular flexibility index (Phi) is 12.5. The van der Waals surface area contributed by atoms with Gasteiger partial charge in [-0.15, -0.1) is 0 Å². The van der Waals surface area contributed by atoms with Gasteiger partial charge in [0.05, 0.1) is 6.61 Å². The van der Waals surface area contributed by atoms with Crippen molar-refractivity contribution < 1.29 is 14.6 Å². The molecule has 0 rings (SSSR count). The van der Waals surface area contributed by atoms with Crippen molar-refractivity contribution in [1.29, 1.82) is 0 Å². The Hall–Kier alpha value is -0.570. The standard InChI is InChI=1S/C15H30O3/c1-4-5-10-13-17-18-15(16)12-9-7-6-8-11-14(2)3/h14H,4-13H2,1-3H3. The fraction of sp³-hybridized carbons (Fsp3) is 0.933. The quantitative estimate of drug-likeness (QED) is 0.290. The lowest BCUT2D eigenvalue weighted by atomic mass is 10.0. The van der Waals surface area contributed by atoms with E-state index in [1.807, 2.05) is 0 Å². The molecule has 0 atom stereocenters. The van der Waals surface area contributed by atoms with Gasteiger partial charge in [0.1, 0.15) is 0 Å². The third-order valence-corrected chi connectivity index (χ3v) is 2.90. The molecule has 0 spiro atoms. The summed E-state index contributed by atoms with van der Waals surface area (Å²) in [4.78, 5) is 20.8. The van der Waals surface area contributed by atoms with E-state index in [0.717, 1.165) is 38.0 Å². The SMILES string of the molecule is CCCCCOOC(=O)CCCCCCC(C)C. The zero-order valence-electron chi connectivity index (χ0n) is 12.4. The van der Waals surface area contributed by atoms with Crippen molar-refractivity contribution in [3.05, 3.63) is 0 Å². The fourth-order valence-electron chi connectivity index (χ4n) is 1.74. The minimum Gasteiger partial charge on any atom is -0.298 e. The molecule has 0 radical (unpaired) electrons. The fourth-order valence-corrected chi connectivity index (χ4v) is 1.74. The minimum absolute atomic E-state index is 0.227. The van der Waals surface area contributed by atoms with Gasteiger partial charge in [-0.1, -0.05) is 59.3 Å². The molecule has 0 aromatic carbocycles. The van der Waals surface area contributed by atoms with Gasteiger partial charge in [-0.05, 0) is 18.8 Å². The van der Waals surface area contributed by atoms with Crippen molar-refractivity contribution in [3.8, 4) is 0 Å². The van der Waals surface area contributed by atoms with Crippen molar-refractivity contribution in [1.82, 2.24) is 0 Å². The third kappa shape index (κ3) is 13.5. The van der Waals surface area contributed by atoms with Crippen LogP contribution in [0.25, 0.3) is 0 Å². The maximum atomic E-state index is 11.3. The number of unbranched alkanes of at least 4 members (excludes halogenated alkanes) is 5. The van der Waals surface area contributed by atoms with Crippen molar-refractivity contribution in [2.45, 2.75) is 78.6 Å². The Morgan fingerprint density at radius 3 is 2.39 bits per heavy atom. The lowest BCUT2D eigenvalue weighted by Gasteiger charge is -2.05. The normalized spacial score (nSPS) is 10.9. The van der Waals surface area contributed by atoms with Crippen LogP contribution in [0.3, 0.4) is 0 Å². The number of hydrogen-bond donors (Lipinski definition) is 0. The van der Waals surface area contributed by atoms with Crippen LogP contribution in [0.15, 0.2) is 0 Å². The van der Waals surface area contributed by atoms with E-state index in [2.05, 4.69) is 20.8 Å². The Labute approximate surface area is 112 Å². The lowest BCUT2D eigenvalue weighted by molar-refractivity contribution is -0.272. The number of hydrogen-bond acceptors (Lipinski definition) is 3. The number of carbonyl (C=O) groups excluding carboxylic acids is 1. The van der Waals surface area contributed by atoms with Gasteiger partial charge in [0.25, 0.3) is 0 Å². The van der Waals surface area contributed by atoms with E-state index < -0.39 is 0 Å². The van der Waals surface area contributed by atoms with Crippen LogP contribution in [0.4, 0.5) is 0 Å². The summed E-state index contributed by atoms with van der Waals surface area (Å²) < 4.78 is 0. The molecule has 0 fully saturated rings. The minimum atomic E-state index is -0.227. The topological polar surface area (TPSA) is 35.5 Å². The first-order valence-corrected chi connectivity index (χ1v) is 7.49. The summed E-state index contributed by atoms with van der Waals surface area (Å²) in [6.45, 7) is 7.14. The molecule has 18 heavy (non-hydrogen) atoms. The van der Waals surface area contributed by atoms with Crippen LogP contribution >= 0.6 is 0 Å². The van der Waals surface area contributed by atoms with Gasteiger partial charge in [-0.25, -0.2) is 4.79 Å². The second kappa shape index (κ2) is 12.9. The highest BCUT2D eigenvalue weighted by molar-refractivity contribution is 5.68. The van der Waals surface area contributed by atoms with Crippen LogP contribution in [0.5, 0.6) is 0 Å². The summed E-state index contributed by atoms with van der Waals surface area (Å²) in [5.74, 6) is 0.557. The zero-order chi connectivity index (χ0) is 13.6. The van der Waals surface area contributed by atoms with Gasteiger partial charge in [0.2, 0.25) is 0 Å². The smallest absolute Gasteiger partial charge is 0.298 e. The van der Waals surface area contributed by atoms with E-state index in [0.29, 0.717) is 13.0 Å². The van der Waals surface area contributed by atoms with Crippen LogP contribution in [-0.4, -0.2) is 12.6 Å². The highest BCUT2D eigenvalue weighted by Gasteiger charge is 2.03. The molecule has 0 saturated carbocycles. The predicted molar refractivity (Wildman–Crippen MR) is 74.1 cm³/mol. The molecule has 0 aromatic heterocycles. The van der Waals surface area contributed by atoms with E-state index in [9.17, 15) is 4.79 Å². The molecule has 0 aromatic rings. The van der Waals surface area contributed by atoms with Gasteiger partial charge >= 0.3 is 5.97 Å². The molecule has 3 heteroatoms. The Balaban J connectivity index is 3.17. The summed E-state index contributed by atoms with van der Waals surface area (Å²) in [7, 11) is 0. The zero-order valence-corrected chi connectivity index (χ0v) is 12.4. The summed E-state index contributed by atoms with van der Waals surface area (Å²) >= 11 is 0. The van der Waals surface area contributed by atoms with Gasteiger partial charge in [0, 0.05) is 6.42 Å². The number of carbonyl (C=O) groups is 1. The molecular weight excluding hydrogens is 228 g/mol. The summed E-state index contributed by atoms with van der Waals surface area (Å²) in [6, 6.07) is 0. The van der Waals surface area contributed by atoms with Gasteiger partial charge < -0.3 is 0 Å². The molecule has 0 N–H and O–H groups in total. The molecular formula is C15H30O3. The van der Waals surface area contributed by atoms with Crippen LogP contribution in [0, 0.1) is 5.92 Å². The van der Waals surface area contributed by atoms with E-state index >= 15 is 0 Å². The second-order valence-electron chi connectivity index (χ2n) is 5.33. The summed E-state index contributed by atoms with van der Waals surface area (Å²) in [5.41, 5.74) is 0. The van der Waals surface area contributed by atoms with Crippen LogP contribution in [0.2, 0.25) is 0 Å². The second-order valence-corrected chi connectivity index (χ2v) is 5.33. The third-order valence-electron chi connectivity index (χ3n) is 2.90. The van der Waals surface area contributed by atoms with Crippen molar-refractivity contribution in [2.75, 3.05) is 6.61 Å². The first kappa shape index (κ1) is 17.4. The average Bonchev–Trinajstić information content (AvgIpc) is 2.33. The Bertz CT molecular complexity index is 190. The monoisotopic (exact) mass is 258 g/mol. The first-order valence-electron chi connectivity index (χ1n) is 7.49. The van der Waals surface area contributed by atoms with E-state index in [1.165, 1.54) is 19.3 Å². The molecule has 0 aliphatic rings. The molecule has 0 amide bonds. The molecule has 0 heterocycles. The van der Waals surface area contributed by atoms with Crippen LogP contribution in [0.1, 0.15) is 78.6 Å². The Morgan fingerprint density at radius 1 is 1.00 bits per heavy atom. The van der Waals surface area contributed by atoms with Gasteiger partial charge in [-0.3, -0.25) is 4.89 Å². The van der Waals surface area contributed by atoms with Crippen molar-refractivity contribution >= 4 is 5.97 Å². The molecule has 0 saturated heterocycles. The summed E-state index contributed by atoms with van der Waals surface area (Å²) in [5, 5.41) is 0. The average molecular weight is 258 g/mol. The first-order chi connectivity index (χ1) is 8.66. The van der Waals surface area contributed by atoms with Gasteiger partial charge in [0.15, 0.2) is 0 Å². The number of rotatable bonds is 12. The van der Waals surface area contributed by atoms with Crippen LogP contribution in [-0.2, 0) is 14.6 Å². The molecule has 3 nitrogen and oxygen atoms in total. The molecule has 108 valence electrons. The maximum absolute atomic E-state index is 11.3. The van der Waals surface area contributed by atoms with E-state index in [1.54, 1.807) is 0 Å². The van der Waals surface area contributed by atoms with Crippen LogP contribution < -0.4 is 0 Å². The van der Waals surface area contributed by atoms with Gasteiger partial charge in [-0.2, -0.15) is 4.89 Å². The molecule has 0 unspecified atom stereocenters. The molecule has 0 aliphatic carbocycles. The highest BCUT2D eigenvalue weighted by Crippen LogP contribution is 2.10. The molecule has 0 aliphatic heterocycles. The van der Waals surface area contributed by atoms with E-state index in [-0.39, 0.29) is 5.97 Å². The molecule has 0 bridgehead atoms. The maximum Gasteiger partial charge on any atom is 0.342 e. The van der Waals surface area contributed by atoms with Crippen molar-refractivity contribution in [3.63, 3.8) is 0 Å². The Morgan fingerprint density at radius 2 is 1.72 bits per heavy atom. The predicted octanol–water partition coefficient (Wildman–Crippen LogP) is 4.65. The summed E-state index contributed by atoms with van der Waals surface area (Å²) in [6.07, 6.45) is 9.48.